The summed E-state index contributed by atoms with van der Waals surface area (Å²) in [5.74, 6) is 0. The van der Waals surface area contributed by atoms with Crippen LogP contribution in [0.25, 0.3) is 0 Å². The van der Waals surface area contributed by atoms with Crippen LogP contribution in [-0.2, 0) is 16.0 Å². The second-order valence-electron chi connectivity index (χ2n) is 4.97. The summed E-state index contributed by atoms with van der Waals surface area (Å²) in [5, 5.41) is 0. The van der Waals surface area contributed by atoms with Crippen molar-refractivity contribution in [1.29, 1.82) is 0 Å². The molecule has 2 aromatic rings. The topological polar surface area (TPSA) is 42.5 Å². The van der Waals surface area contributed by atoms with Crippen molar-refractivity contribution in [3.8, 4) is 0 Å². The molecule has 1 aliphatic heterocycles. The Balaban J connectivity index is 1.62. The van der Waals surface area contributed by atoms with Crippen LogP contribution in [0.5, 0.6) is 0 Å². The minimum Gasteiger partial charge on any atom is -0.348 e. The zero-order valence-electron chi connectivity index (χ0n) is 11.9. The fraction of sp³-hybridized carbons (Fsp3) is 0.294. The molecule has 21 heavy (non-hydrogen) atoms. The van der Waals surface area contributed by atoms with E-state index in [9.17, 15) is 0 Å². The van der Waals surface area contributed by atoms with E-state index in [4.69, 9.17) is 9.47 Å². The van der Waals surface area contributed by atoms with Crippen LogP contribution in [0, 0.1) is 0 Å². The molecule has 1 saturated heterocycles. The number of nitrogens with one attached hydrogen (secondary N) is 2. The van der Waals surface area contributed by atoms with Gasteiger partial charge in [-0.2, -0.15) is 0 Å². The summed E-state index contributed by atoms with van der Waals surface area (Å²) in [6, 6.07) is 18.3. The molecule has 0 aliphatic carbocycles. The van der Waals surface area contributed by atoms with Gasteiger partial charge in [-0.05, 0) is 24.1 Å². The highest BCUT2D eigenvalue weighted by Gasteiger charge is 2.19. The number of rotatable bonds is 5. The van der Waals surface area contributed by atoms with Crippen molar-refractivity contribution in [3.63, 3.8) is 0 Å². The van der Waals surface area contributed by atoms with Gasteiger partial charge in [-0.25, -0.2) is 5.43 Å². The summed E-state index contributed by atoms with van der Waals surface area (Å²) in [4.78, 5) is 0. The molecule has 1 fully saturated rings. The first-order valence-electron chi connectivity index (χ1n) is 7.28. The lowest BCUT2D eigenvalue weighted by molar-refractivity contribution is -0.183. The third-order valence-electron chi connectivity index (χ3n) is 3.42. The molecule has 2 N–H and O–H groups in total. The summed E-state index contributed by atoms with van der Waals surface area (Å²) in [5.41, 5.74) is 9.74. The Morgan fingerprint density at radius 2 is 1.62 bits per heavy atom. The Bertz CT molecular complexity index is 554. The van der Waals surface area contributed by atoms with Crippen LogP contribution in [0.1, 0.15) is 23.8 Å². The highest BCUT2D eigenvalue weighted by molar-refractivity contribution is 5.41. The molecule has 0 aromatic heterocycles. The molecule has 0 radical (unpaired) electrons. The third-order valence-corrected chi connectivity index (χ3v) is 3.42. The summed E-state index contributed by atoms with van der Waals surface area (Å²) in [6.45, 7) is 2.22. The Morgan fingerprint density at radius 1 is 0.905 bits per heavy atom. The largest absolute Gasteiger partial charge is 0.348 e. The van der Waals surface area contributed by atoms with Crippen LogP contribution < -0.4 is 10.9 Å². The van der Waals surface area contributed by atoms with Gasteiger partial charge in [0.05, 0.1) is 13.2 Å². The fourth-order valence-electron chi connectivity index (χ4n) is 2.36. The van der Waals surface area contributed by atoms with Gasteiger partial charge in [0.25, 0.3) is 0 Å². The van der Waals surface area contributed by atoms with E-state index in [-0.39, 0.29) is 6.29 Å². The van der Waals surface area contributed by atoms with Crippen molar-refractivity contribution in [2.45, 2.75) is 19.3 Å². The molecule has 3 rings (SSSR count). The van der Waals surface area contributed by atoms with Crippen LogP contribution in [0.2, 0.25) is 0 Å². The fourth-order valence-corrected chi connectivity index (χ4v) is 2.36. The number of anilines is 1. The minimum absolute atomic E-state index is 0.242. The maximum atomic E-state index is 5.70. The van der Waals surface area contributed by atoms with Crippen LogP contribution in [-0.4, -0.2) is 13.2 Å². The predicted molar refractivity (Wildman–Crippen MR) is 82.6 cm³/mol. The molecule has 4 nitrogen and oxygen atoms in total. The molecule has 0 atom stereocenters. The van der Waals surface area contributed by atoms with Crippen molar-refractivity contribution in [2.24, 2.45) is 0 Å². The Kier molecular flexibility index (Phi) is 4.84. The molecule has 2 aromatic carbocycles. The highest BCUT2D eigenvalue weighted by atomic mass is 16.7. The second-order valence-corrected chi connectivity index (χ2v) is 4.97. The molecular weight excluding hydrogens is 264 g/mol. The third kappa shape index (κ3) is 3.82. The molecule has 110 valence electrons. The van der Waals surface area contributed by atoms with Crippen molar-refractivity contribution in [3.05, 3.63) is 65.7 Å². The molecule has 0 amide bonds. The van der Waals surface area contributed by atoms with Gasteiger partial charge >= 0.3 is 0 Å². The van der Waals surface area contributed by atoms with Gasteiger partial charge in [-0.3, -0.25) is 0 Å². The van der Waals surface area contributed by atoms with Gasteiger partial charge in [0.15, 0.2) is 6.29 Å². The van der Waals surface area contributed by atoms with E-state index in [0.717, 1.165) is 30.9 Å². The lowest BCUT2D eigenvalue weighted by Crippen LogP contribution is -2.24. The number of benzene rings is 2. The Labute approximate surface area is 125 Å². The average molecular weight is 284 g/mol. The normalized spacial score (nSPS) is 15.8. The Morgan fingerprint density at radius 3 is 2.43 bits per heavy atom. The molecule has 1 heterocycles. The molecule has 4 heteroatoms. The van der Waals surface area contributed by atoms with E-state index < -0.39 is 0 Å². The lowest BCUT2D eigenvalue weighted by Gasteiger charge is -2.25. The van der Waals surface area contributed by atoms with Gasteiger partial charge < -0.3 is 14.9 Å². The smallest absolute Gasteiger partial charge is 0.184 e. The van der Waals surface area contributed by atoms with Crippen LogP contribution >= 0.6 is 0 Å². The maximum absolute atomic E-state index is 5.70. The first-order valence-corrected chi connectivity index (χ1v) is 7.28. The minimum atomic E-state index is -0.242. The Hall–Kier alpha value is -1.88. The van der Waals surface area contributed by atoms with E-state index in [2.05, 4.69) is 23.0 Å². The molecule has 1 aliphatic rings. The number of hydrazine groups is 1. The van der Waals surface area contributed by atoms with Crippen molar-refractivity contribution in [2.75, 3.05) is 18.6 Å². The number of hydrogen-bond donors (Lipinski definition) is 2. The van der Waals surface area contributed by atoms with E-state index in [1.807, 2.05) is 42.5 Å². The summed E-state index contributed by atoms with van der Waals surface area (Å²) < 4.78 is 11.4. The molecule has 0 unspecified atom stereocenters. The van der Waals surface area contributed by atoms with E-state index >= 15 is 0 Å². The van der Waals surface area contributed by atoms with Gasteiger partial charge in [0, 0.05) is 17.8 Å². The molecular formula is C17H20N2O2. The first-order chi connectivity index (χ1) is 10.4. The lowest BCUT2D eigenvalue weighted by atomic mass is 10.1. The van der Waals surface area contributed by atoms with Gasteiger partial charge in [-0.15, -0.1) is 0 Å². The van der Waals surface area contributed by atoms with Gasteiger partial charge in [-0.1, -0.05) is 42.5 Å². The first kappa shape index (κ1) is 14.1. The van der Waals surface area contributed by atoms with E-state index in [0.29, 0.717) is 6.54 Å². The van der Waals surface area contributed by atoms with Crippen LogP contribution in [0.3, 0.4) is 0 Å². The average Bonchev–Trinajstić information content (AvgIpc) is 2.57. The monoisotopic (exact) mass is 284 g/mol. The second kappa shape index (κ2) is 7.22. The SMILES string of the molecule is c1ccc(NNCc2ccccc2C2OCCCO2)cc1. The summed E-state index contributed by atoms with van der Waals surface area (Å²) >= 11 is 0. The zero-order valence-corrected chi connectivity index (χ0v) is 11.9. The summed E-state index contributed by atoms with van der Waals surface area (Å²) in [7, 11) is 0. The van der Waals surface area contributed by atoms with Crippen molar-refractivity contribution >= 4 is 5.69 Å². The van der Waals surface area contributed by atoms with Gasteiger partial charge in [0.2, 0.25) is 0 Å². The molecule has 0 spiro atoms. The number of hydrogen-bond acceptors (Lipinski definition) is 4. The van der Waals surface area contributed by atoms with E-state index in [1.165, 1.54) is 5.56 Å². The van der Waals surface area contributed by atoms with Gasteiger partial charge in [0.1, 0.15) is 0 Å². The molecule has 0 saturated carbocycles. The quantitative estimate of drug-likeness (QED) is 0.827. The number of ether oxygens (including phenoxy) is 2. The highest BCUT2D eigenvalue weighted by Crippen LogP contribution is 2.25. The standard InChI is InChI=1S/C17H20N2O2/c1-2-8-15(9-3-1)19-18-13-14-7-4-5-10-16(14)17-20-11-6-12-21-17/h1-5,7-10,17-19H,6,11-13H2. The predicted octanol–water partition coefficient (Wildman–Crippen LogP) is 3.24. The van der Waals surface area contributed by atoms with Crippen molar-refractivity contribution in [1.82, 2.24) is 5.43 Å². The molecule has 0 bridgehead atoms. The number of para-hydroxylation sites is 1. The van der Waals surface area contributed by atoms with Crippen LogP contribution in [0.4, 0.5) is 5.69 Å². The van der Waals surface area contributed by atoms with E-state index in [1.54, 1.807) is 0 Å². The maximum Gasteiger partial charge on any atom is 0.184 e. The van der Waals surface area contributed by atoms with Crippen LogP contribution in [0.15, 0.2) is 54.6 Å². The summed E-state index contributed by atoms with van der Waals surface area (Å²) in [6.07, 6.45) is 0.723. The zero-order chi connectivity index (χ0) is 14.3. The van der Waals surface area contributed by atoms with Crippen molar-refractivity contribution < 1.29 is 9.47 Å².